The van der Waals surface area contributed by atoms with Crippen LogP contribution in [0.3, 0.4) is 0 Å². The highest BCUT2D eigenvalue weighted by atomic mass is 19.4. The van der Waals surface area contributed by atoms with Crippen LogP contribution in [0.25, 0.3) is 0 Å². The summed E-state index contributed by atoms with van der Waals surface area (Å²) in [4.78, 5) is 39.7. The van der Waals surface area contributed by atoms with Crippen LogP contribution in [0.5, 0.6) is 0 Å². The number of rotatable bonds is 4. The molecule has 38 heavy (non-hydrogen) atoms. The van der Waals surface area contributed by atoms with Crippen molar-refractivity contribution in [1.82, 2.24) is 4.98 Å². The normalized spacial score (nSPS) is 23.1. The maximum Gasteiger partial charge on any atom is 0.416 e. The Kier molecular flexibility index (Phi) is 5.53. The molecule has 0 saturated carbocycles. The first-order valence-corrected chi connectivity index (χ1v) is 11.9. The maximum atomic E-state index is 14.5. The van der Waals surface area contributed by atoms with Gasteiger partial charge in [0, 0.05) is 12.4 Å². The van der Waals surface area contributed by atoms with E-state index in [1.54, 1.807) is 72.1 Å². The predicted molar refractivity (Wildman–Crippen MR) is 133 cm³/mol. The Bertz CT molecular complexity index is 1500. The Hall–Kier alpha value is -4.50. The monoisotopic (exact) mass is 515 g/mol. The quantitative estimate of drug-likeness (QED) is 0.337. The summed E-state index contributed by atoms with van der Waals surface area (Å²) < 4.78 is 40.6. The average molecular weight is 515 g/mol. The van der Waals surface area contributed by atoms with Crippen LogP contribution in [0.15, 0.2) is 109 Å². The molecule has 190 valence electrons. The van der Waals surface area contributed by atoms with E-state index in [1.807, 2.05) is 18.2 Å². The first-order chi connectivity index (χ1) is 18.3. The molecule has 4 aromatic rings. The standard InChI is InChI=1S/C29H20F3N3O3/c30-29(31,32)21-10-7-13-23(18-21)34-26(36)25-28(27(34)37,20-8-3-1-4-9-20)24(19-14-16-33-17-15-19)35(38-25)22-11-5-2-6-12-22/h1-18,24-25H. The van der Waals surface area contributed by atoms with Crippen molar-refractivity contribution in [2.45, 2.75) is 23.7 Å². The number of aromatic nitrogens is 1. The largest absolute Gasteiger partial charge is 0.416 e. The van der Waals surface area contributed by atoms with Gasteiger partial charge in [-0.15, -0.1) is 0 Å². The topological polar surface area (TPSA) is 62.7 Å². The highest BCUT2D eigenvalue weighted by molar-refractivity contribution is 6.28. The number of benzene rings is 3. The van der Waals surface area contributed by atoms with Crippen molar-refractivity contribution < 1.29 is 27.6 Å². The number of nitrogens with zero attached hydrogens (tertiary/aromatic N) is 3. The van der Waals surface area contributed by atoms with E-state index in [1.165, 1.54) is 12.1 Å². The SMILES string of the molecule is O=C1C2ON(c3ccccc3)C(c3ccncc3)C2(c2ccccc2)C(=O)N1c1cccc(C(F)(F)F)c1. The lowest BCUT2D eigenvalue weighted by Crippen LogP contribution is -2.46. The number of anilines is 2. The summed E-state index contributed by atoms with van der Waals surface area (Å²) in [6, 6.07) is 24.7. The molecule has 2 fully saturated rings. The van der Waals surface area contributed by atoms with Gasteiger partial charge >= 0.3 is 6.18 Å². The van der Waals surface area contributed by atoms with E-state index in [9.17, 15) is 22.8 Å². The van der Waals surface area contributed by atoms with Gasteiger partial charge in [-0.25, -0.2) is 9.96 Å². The van der Waals surface area contributed by atoms with Crippen LogP contribution >= 0.6 is 0 Å². The maximum absolute atomic E-state index is 14.5. The van der Waals surface area contributed by atoms with Crippen molar-refractivity contribution in [3.8, 4) is 0 Å². The number of carbonyl (C=O) groups excluding carboxylic acids is 2. The smallest absolute Gasteiger partial charge is 0.273 e. The predicted octanol–water partition coefficient (Wildman–Crippen LogP) is 5.47. The van der Waals surface area contributed by atoms with E-state index in [4.69, 9.17) is 4.84 Å². The summed E-state index contributed by atoms with van der Waals surface area (Å²) in [5, 5.41) is 1.55. The minimum atomic E-state index is -4.64. The lowest BCUT2D eigenvalue weighted by atomic mass is 9.69. The number of pyridine rings is 1. The molecule has 0 spiro atoms. The number of imide groups is 1. The van der Waals surface area contributed by atoms with E-state index < -0.39 is 41.1 Å². The van der Waals surface area contributed by atoms with Crippen LogP contribution in [0.2, 0.25) is 0 Å². The Balaban J connectivity index is 1.59. The third-order valence-corrected chi connectivity index (χ3v) is 7.02. The van der Waals surface area contributed by atoms with E-state index in [0.717, 1.165) is 17.0 Å². The number of amides is 2. The van der Waals surface area contributed by atoms with Gasteiger partial charge in [-0.1, -0.05) is 54.6 Å². The molecule has 1 aromatic heterocycles. The minimum absolute atomic E-state index is 0.164. The van der Waals surface area contributed by atoms with E-state index in [-0.39, 0.29) is 5.69 Å². The summed E-state index contributed by atoms with van der Waals surface area (Å²) in [6.07, 6.45) is -2.81. The highest BCUT2D eigenvalue weighted by Gasteiger charge is 2.72. The number of hydroxylamine groups is 1. The zero-order valence-corrected chi connectivity index (χ0v) is 19.7. The van der Waals surface area contributed by atoms with Gasteiger partial charge in [0.1, 0.15) is 11.5 Å². The second-order valence-corrected chi connectivity index (χ2v) is 9.09. The summed E-state index contributed by atoms with van der Waals surface area (Å²) in [6.45, 7) is 0. The Labute approximate surface area is 215 Å². The molecule has 2 aliphatic rings. The molecule has 3 unspecified atom stereocenters. The van der Waals surface area contributed by atoms with Crippen molar-refractivity contribution in [1.29, 1.82) is 0 Å². The van der Waals surface area contributed by atoms with Crippen LogP contribution in [-0.2, 0) is 26.0 Å². The molecule has 3 aromatic carbocycles. The Morgan fingerprint density at radius 1 is 0.789 bits per heavy atom. The first-order valence-electron chi connectivity index (χ1n) is 11.9. The molecule has 0 aliphatic carbocycles. The van der Waals surface area contributed by atoms with Crippen molar-refractivity contribution in [3.63, 3.8) is 0 Å². The van der Waals surface area contributed by atoms with E-state index in [2.05, 4.69) is 4.98 Å². The van der Waals surface area contributed by atoms with Crippen LogP contribution < -0.4 is 9.96 Å². The van der Waals surface area contributed by atoms with Crippen LogP contribution in [-0.4, -0.2) is 22.9 Å². The van der Waals surface area contributed by atoms with Gasteiger partial charge < -0.3 is 0 Å². The number of halogens is 3. The van der Waals surface area contributed by atoms with Gasteiger partial charge in [-0.3, -0.25) is 19.4 Å². The zero-order valence-electron chi connectivity index (χ0n) is 19.7. The van der Waals surface area contributed by atoms with E-state index in [0.29, 0.717) is 16.8 Å². The molecule has 3 atom stereocenters. The van der Waals surface area contributed by atoms with Gasteiger partial charge in [-0.05, 0) is 53.6 Å². The van der Waals surface area contributed by atoms with Gasteiger partial charge in [0.25, 0.3) is 5.91 Å². The molecule has 2 amide bonds. The van der Waals surface area contributed by atoms with Crippen molar-refractivity contribution in [2.75, 3.05) is 9.96 Å². The average Bonchev–Trinajstić information content (AvgIpc) is 3.41. The molecule has 6 nitrogen and oxygen atoms in total. The third kappa shape index (κ3) is 3.50. The lowest BCUT2D eigenvalue weighted by Gasteiger charge is -2.35. The molecule has 6 rings (SSSR count). The molecule has 3 heterocycles. The second-order valence-electron chi connectivity index (χ2n) is 9.09. The first kappa shape index (κ1) is 23.9. The Morgan fingerprint density at radius 2 is 1.42 bits per heavy atom. The summed E-state index contributed by atoms with van der Waals surface area (Å²) in [5.74, 6) is -1.41. The van der Waals surface area contributed by atoms with E-state index >= 15 is 0 Å². The number of fused-ring (bicyclic) bond motifs is 1. The molecular weight excluding hydrogens is 495 g/mol. The molecular formula is C29H20F3N3O3. The molecule has 0 bridgehead atoms. The molecule has 9 heteroatoms. The fraction of sp³-hybridized carbons (Fsp3) is 0.138. The molecule has 2 saturated heterocycles. The van der Waals surface area contributed by atoms with Crippen LogP contribution in [0.1, 0.15) is 22.7 Å². The number of carbonyl (C=O) groups is 2. The number of hydrogen-bond acceptors (Lipinski definition) is 5. The third-order valence-electron chi connectivity index (χ3n) is 7.02. The fourth-order valence-electron chi connectivity index (χ4n) is 5.40. The molecule has 0 radical (unpaired) electrons. The summed E-state index contributed by atoms with van der Waals surface area (Å²) in [5.41, 5.74) is -0.934. The molecule has 0 N–H and O–H groups in total. The van der Waals surface area contributed by atoms with Gasteiger partial charge in [0.15, 0.2) is 6.10 Å². The minimum Gasteiger partial charge on any atom is -0.273 e. The Morgan fingerprint density at radius 3 is 2.08 bits per heavy atom. The number of alkyl halides is 3. The zero-order chi connectivity index (χ0) is 26.5. The van der Waals surface area contributed by atoms with Crippen LogP contribution in [0.4, 0.5) is 24.5 Å². The summed E-state index contributed by atoms with van der Waals surface area (Å²) >= 11 is 0. The summed E-state index contributed by atoms with van der Waals surface area (Å²) in [7, 11) is 0. The van der Waals surface area contributed by atoms with Crippen LogP contribution in [0, 0.1) is 0 Å². The van der Waals surface area contributed by atoms with Gasteiger partial charge in [0.05, 0.1) is 16.9 Å². The second kappa shape index (κ2) is 8.81. The van der Waals surface area contributed by atoms with Crippen molar-refractivity contribution >= 4 is 23.2 Å². The number of para-hydroxylation sites is 1. The number of hydrogen-bond donors (Lipinski definition) is 0. The van der Waals surface area contributed by atoms with Gasteiger partial charge in [-0.2, -0.15) is 13.2 Å². The fourth-order valence-corrected chi connectivity index (χ4v) is 5.40. The van der Waals surface area contributed by atoms with Gasteiger partial charge in [0.2, 0.25) is 5.91 Å². The van der Waals surface area contributed by atoms with Crippen molar-refractivity contribution in [3.05, 3.63) is 126 Å². The lowest BCUT2D eigenvalue weighted by molar-refractivity contribution is -0.137. The van der Waals surface area contributed by atoms with Crippen molar-refractivity contribution in [2.24, 2.45) is 0 Å². The highest BCUT2D eigenvalue weighted by Crippen LogP contribution is 2.57. The molecule has 2 aliphatic heterocycles.